The molecular weight excluding hydrogens is 373 g/mol. The van der Waals surface area contributed by atoms with Crippen molar-refractivity contribution in [2.75, 3.05) is 4.72 Å². The van der Waals surface area contributed by atoms with E-state index in [0.717, 1.165) is 22.9 Å². The summed E-state index contributed by atoms with van der Waals surface area (Å²) in [6, 6.07) is 2.65. The summed E-state index contributed by atoms with van der Waals surface area (Å²) in [6.07, 6.45) is 0. The number of sulfonamides is 1. The highest BCUT2D eigenvalue weighted by Crippen LogP contribution is 2.25. The molecule has 0 atom stereocenters. The van der Waals surface area contributed by atoms with Crippen molar-refractivity contribution in [3.63, 3.8) is 0 Å². The van der Waals surface area contributed by atoms with Crippen LogP contribution >= 0.6 is 15.9 Å². The number of rotatable bonds is 4. The van der Waals surface area contributed by atoms with E-state index in [0.29, 0.717) is 0 Å². The molecule has 0 bridgehead atoms. The Morgan fingerprint density at radius 2 is 2.14 bits per heavy atom. The fourth-order valence-corrected chi connectivity index (χ4v) is 3.68. The van der Waals surface area contributed by atoms with Gasteiger partial charge in [-0.05, 0) is 28.1 Å². The summed E-state index contributed by atoms with van der Waals surface area (Å²) in [4.78, 5) is 9.68. The van der Waals surface area contributed by atoms with Crippen LogP contribution in [0.4, 0.5) is 15.8 Å². The Balaban J connectivity index is 2.42. The standard InChI is InChI=1S/C9H7BrFN5O4S/c1-15-9(8(10)12-14-15)21(19,20)13-5-2-3-6(11)7(4-5)16(17)18/h2-4,13H,1H3. The van der Waals surface area contributed by atoms with Gasteiger partial charge in [-0.2, -0.15) is 12.8 Å². The van der Waals surface area contributed by atoms with Crippen LogP contribution in [-0.4, -0.2) is 28.3 Å². The van der Waals surface area contributed by atoms with Gasteiger partial charge in [0.15, 0.2) is 4.60 Å². The Bertz CT molecular complexity index is 802. The molecule has 2 aromatic rings. The number of halogens is 2. The van der Waals surface area contributed by atoms with Gasteiger partial charge in [-0.3, -0.25) is 14.8 Å². The largest absolute Gasteiger partial charge is 0.306 e. The molecule has 1 N–H and O–H groups in total. The summed E-state index contributed by atoms with van der Waals surface area (Å²) in [7, 11) is -2.73. The van der Waals surface area contributed by atoms with Crippen LogP contribution in [0.3, 0.4) is 0 Å². The zero-order valence-corrected chi connectivity index (χ0v) is 12.7. The van der Waals surface area contributed by atoms with Crippen LogP contribution in [0, 0.1) is 15.9 Å². The van der Waals surface area contributed by atoms with Gasteiger partial charge in [0.1, 0.15) is 0 Å². The number of anilines is 1. The monoisotopic (exact) mass is 379 g/mol. The fraction of sp³-hybridized carbons (Fsp3) is 0.111. The van der Waals surface area contributed by atoms with E-state index in [1.807, 2.05) is 0 Å². The molecule has 0 amide bonds. The van der Waals surface area contributed by atoms with Gasteiger partial charge in [-0.1, -0.05) is 5.21 Å². The third-order valence-electron chi connectivity index (χ3n) is 2.39. The van der Waals surface area contributed by atoms with Crippen LogP contribution in [0.2, 0.25) is 0 Å². The van der Waals surface area contributed by atoms with E-state index in [1.165, 1.54) is 7.05 Å². The highest BCUT2D eigenvalue weighted by Gasteiger charge is 2.25. The molecule has 9 nitrogen and oxygen atoms in total. The zero-order valence-electron chi connectivity index (χ0n) is 10.3. The van der Waals surface area contributed by atoms with E-state index in [-0.39, 0.29) is 15.3 Å². The Morgan fingerprint density at radius 1 is 1.48 bits per heavy atom. The van der Waals surface area contributed by atoms with E-state index < -0.39 is 26.5 Å². The van der Waals surface area contributed by atoms with Crippen LogP contribution in [0.5, 0.6) is 0 Å². The SMILES string of the molecule is Cn1nnc(Br)c1S(=O)(=O)Nc1ccc(F)c([N+](=O)[O-])c1. The minimum absolute atomic E-state index is 0.0193. The normalized spacial score (nSPS) is 11.4. The first-order chi connectivity index (χ1) is 9.72. The van der Waals surface area contributed by atoms with Crippen LogP contribution in [0.1, 0.15) is 0 Å². The number of hydrogen-bond donors (Lipinski definition) is 1. The number of nitrogens with one attached hydrogen (secondary N) is 1. The summed E-state index contributed by atoms with van der Waals surface area (Å²) < 4.78 is 40.6. The molecule has 12 heteroatoms. The van der Waals surface area contributed by atoms with Crippen molar-refractivity contribution in [2.24, 2.45) is 7.05 Å². The molecule has 21 heavy (non-hydrogen) atoms. The smallest absolute Gasteiger partial charge is 0.278 e. The molecule has 0 saturated heterocycles. The lowest BCUT2D eigenvalue weighted by molar-refractivity contribution is -0.387. The highest BCUT2D eigenvalue weighted by molar-refractivity contribution is 9.10. The third-order valence-corrected chi connectivity index (χ3v) is 4.65. The third kappa shape index (κ3) is 3.00. The molecular formula is C9H7BrFN5O4S. The van der Waals surface area contributed by atoms with E-state index in [9.17, 15) is 22.9 Å². The van der Waals surface area contributed by atoms with Crippen molar-refractivity contribution in [1.29, 1.82) is 0 Å². The summed E-state index contributed by atoms with van der Waals surface area (Å²) in [5, 5.41) is 17.4. The number of benzene rings is 1. The molecule has 112 valence electrons. The molecule has 0 fully saturated rings. The van der Waals surface area contributed by atoms with Crippen LogP contribution in [0.15, 0.2) is 27.8 Å². The highest BCUT2D eigenvalue weighted by atomic mass is 79.9. The van der Waals surface area contributed by atoms with Gasteiger partial charge in [0.05, 0.1) is 10.6 Å². The van der Waals surface area contributed by atoms with E-state index in [2.05, 4.69) is 31.0 Å². The maximum absolute atomic E-state index is 13.2. The summed E-state index contributed by atoms with van der Waals surface area (Å²) in [5.74, 6) is -1.06. The van der Waals surface area contributed by atoms with Crippen molar-refractivity contribution < 1.29 is 17.7 Å². The maximum Gasteiger partial charge on any atom is 0.306 e. The fourth-order valence-electron chi connectivity index (χ4n) is 1.53. The molecule has 0 radical (unpaired) electrons. The topological polar surface area (TPSA) is 120 Å². The first-order valence-electron chi connectivity index (χ1n) is 5.24. The molecule has 0 aliphatic heterocycles. The summed E-state index contributed by atoms with van der Waals surface area (Å²) in [5.41, 5.74) is -0.992. The van der Waals surface area contributed by atoms with Gasteiger partial charge in [-0.25, -0.2) is 4.68 Å². The van der Waals surface area contributed by atoms with E-state index >= 15 is 0 Å². The van der Waals surface area contributed by atoms with Gasteiger partial charge in [0.25, 0.3) is 10.0 Å². The van der Waals surface area contributed by atoms with Crippen molar-refractivity contribution in [2.45, 2.75) is 5.03 Å². The van der Waals surface area contributed by atoms with Gasteiger partial charge in [-0.15, -0.1) is 5.10 Å². The molecule has 1 aromatic heterocycles. The molecule has 0 aliphatic rings. The Kier molecular flexibility index (Phi) is 3.91. The van der Waals surface area contributed by atoms with Crippen molar-refractivity contribution in [3.05, 3.63) is 38.7 Å². The average Bonchev–Trinajstić information content (AvgIpc) is 2.71. The average molecular weight is 380 g/mol. The van der Waals surface area contributed by atoms with Crippen LogP contribution in [0.25, 0.3) is 0 Å². The molecule has 2 rings (SSSR count). The Morgan fingerprint density at radius 3 is 2.67 bits per heavy atom. The zero-order chi connectivity index (χ0) is 15.8. The van der Waals surface area contributed by atoms with E-state index in [1.54, 1.807) is 0 Å². The number of aromatic nitrogens is 3. The first-order valence-corrected chi connectivity index (χ1v) is 7.52. The van der Waals surface area contributed by atoms with Gasteiger partial charge >= 0.3 is 5.69 Å². The predicted octanol–water partition coefficient (Wildman–Crippen LogP) is 1.43. The summed E-state index contributed by atoms with van der Waals surface area (Å²) in [6.45, 7) is 0. The molecule has 1 aromatic carbocycles. The number of aryl methyl sites for hydroxylation is 1. The number of hydrogen-bond acceptors (Lipinski definition) is 6. The second-order valence-electron chi connectivity index (χ2n) is 3.84. The van der Waals surface area contributed by atoms with E-state index in [4.69, 9.17) is 0 Å². The molecule has 0 spiro atoms. The lowest BCUT2D eigenvalue weighted by Gasteiger charge is -2.08. The molecule has 0 unspecified atom stereocenters. The lowest BCUT2D eigenvalue weighted by Crippen LogP contribution is -2.17. The molecule has 0 saturated carbocycles. The van der Waals surface area contributed by atoms with Crippen molar-refractivity contribution >= 4 is 37.3 Å². The number of nitro benzene ring substituents is 1. The van der Waals surface area contributed by atoms with Crippen LogP contribution < -0.4 is 4.72 Å². The second-order valence-corrected chi connectivity index (χ2v) is 6.19. The summed E-state index contributed by atoms with van der Waals surface area (Å²) >= 11 is 2.93. The lowest BCUT2D eigenvalue weighted by atomic mass is 10.3. The quantitative estimate of drug-likeness (QED) is 0.633. The van der Waals surface area contributed by atoms with Crippen LogP contribution in [-0.2, 0) is 17.1 Å². The Labute approximate surface area is 126 Å². The van der Waals surface area contributed by atoms with Crippen molar-refractivity contribution in [3.8, 4) is 0 Å². The second kappa shape index (κ2) is 5.37. The molecule has 1 heterocycles. The maximum atomic E-state index is 13.2. The first kappa shape index (κ1) is 15.3. The Hall–Kier alpha value is -2.08. The van der Waals surface area contributed by atoms with Crippen molar-refractivity contribution in [1.82, 2.24) is 15.0 Å². The van der Waals surface area contributed by atoms with Gasteiger partial charge < -0.3 is 0 Å². The van der Waals surface area contributed by atoms with Gasteiger partial charge in [0, 0.05) is 13.1 Å². The minimum Gasteiger partial charge on any atom is -0.278 e. The van der Waals surface area contributed by atoms with Gasteiger partial charge in [0.2, 0.25) is 10.8 Å². The number of nitro groups is 1. The number of nitrogens with zero attached hydrogens (tertiary/aromatic N) is 4. The molecule has 0 aliphatic carbocycles. The predicted molar refractivity (Wildman–Crippen MR) is 72.6 cm³/mol. The minimum atomic E-state index is -4.09.